The molecule has 0 radical (unpaired) electrons. The van der Waals surface area contributed by atoms with Crippen LogP contribution in [0.5, 0.6) is 0 Å². The Morgan fingerprint density at radius 3 is 2.54 bits per heavy atom. The summed E-state index contributed by atoms with van der Waals surface area (Å²) in [5.41, 5.74) is -0.219. The molecule has 2 aliphatic rings. The molecular formula is C17H19F3N2O2. The minimum Gasteiger partial charge on any atom is -0.336 e. The molecule has 0 saturated carbocycles. The van der Waals surface area contributed by atoms with Gasteiger partial charge in [-0.3, -0.25) is 9.59 Å². The van der Waals surface area contributed by atoms with Crippen molar-refractivity contribution in [1.82, 2.24) is 9.80 Å². The molecular weight excluding hydrogens is 321 g/mol. The molecule has 2 aliphatic heterocycles. The number of fused-ring (bicyclic) bond motifs is 1. The summed E-state index contributed by atoms with van der Waals surface area (Å²) >= 11 is 0. The molecule has 0 bridgehead atoms. The quantitative estimate of drug-likeness (QED) is 0.830. The average Bonchev–Trinajstić information content (AvgIpc) is 2.99. The highest BCUT2D eigenvalue weighted by molar-refractivity contribution is 5.89. The smallest absolute Gasteiger partial charge is 0.336 e. The van der Waals surface area contributed by atoms with Gasteiger partial charge in [-0.1, -0.05) is 12.1 Å². The summed E-state index contributed by atoms with van der Waals surface area (Å²) in [5, 5.41) is 0. The van der Waals surface area contributed by atoms with Crippen molar-refractivity contribution >= 4 is 11.8 Å². The SMILES string of the molecule is C[C@H]1C(=O)N2CCC[C@H]2CN1C(=O)Cc1ccc(C(F)(F)F)cc1. The second-order valence-electron chi connectivity index (χ2n) is 6.42. The molecule has 0 aromatic heterocycles. The molecule has 0 spiro atoms. The lowest BCUT2D eigenvalue weighted by molar-refractivity contribution is -0.152. The molecule has 0 unspecified atom stereocenters. The zero-order valence-electron chi connectivity index (χ0n) is 13.3. The maximum absolute atomic E-state index is 12.6. The first-order valence-corrected chi connectivity index (χ1v) is 8.03. The van der Waals surface area contributed by atoms with E-state index >= 15 is 0 Å². The Balaban J connectivity index is 1.69. The lowest BCUT2D eigenvalue weighted by atomic mass is 10.0. The Morgan fingerprint density at radius 2 is 1.92 bits per heavy atom. The number of nitrogens with zero attached hydrogens (tertiary/aromatic N) is 2. The topological polar surface area (TPSA) is 40.6 Å². The first kappa shape index (κ1) is 16.8. The number of hydrogen-bond donors (Lipinski definition) is 0. The van der Waals surface area contributed by atoms with Gasteiger partial charge in [-0.15, -0.1) is 0 Å². The molecule has 130 valence electrons. The van der Waals surface area contributed by atoms with Crippen molar-refractivity contribution in [1.29, 1.82) is 0 Å². The maximum atomic E-state index is 12.6. The fraction of sp³-hybridized carbons (Fsp3) is 0.529. The van der Waals surface area contributed by atoms with Crippen molar-refractivity contribution in [2.75, 3.05) is 13.1 Å². The van der Waals surface area contributed by atoms with E-state index in [1.807, 2.05) is 4.90 Å². The zero-order valence-corrected chi connectivity index (χ0v) is 13.3. The summed E-state index contributed by atoms with van der Waals surface area (Å²) in [6, 6.07) is 4.16. The van der Waals surface area contributed by atoms with E-state index in [1.54, 1.807) is 11.8 Å². The summed E-state index contributed by atoms with van der Waals surface area (Å²) in [6.07, 6.45) is -2.54. The van der Waals surface area contributed by atoms with Crippen molar-refractivity contribution in [3.05, 3.63) is 35.4 Å². The van der Waals surface area contributed by atoms with Gasteiger partial charge in [0.25, 0.3) is 0 Å². The largest absolute Gasteiger partial charge is 0.416 e. The minimum atomic E-state index is -4.39. The van der Waals surface area contributed by atoms with Gasteiger partial charge >= 0.3 is 6.18 Å². The van der Waals surface area contributed by atoms with Gasteiger partial charge in [0.2, 0.25) is 11.8 Å². The minimum absolute atomic E-state index is 0.00246. The van der Waals surface area contributed by atoms with E-state index in [0.29, 0.717) is 12.1 Å². The van der Waals surface area contributed by atoms with Crippen molar-refractivity contribution in [3.63, 3.8) is 0 Å². The van der Waals surface area contributed by atoms with Crippen LogP contribution in [0.3, 0.4) is 0 Å². The van der Waals surface area contributed by atoms with Crippen LogP contribution in [0.4, 0.5) is 13.2 Å². The van der Waals surface area contributed by atoms with E-state index in [4.69, 9.17) is 0 Å². The summed E-state index contributed by atoms with van der Waals surface area (Å²) in [7, 11) is 0. The highest BCUT2D eigenvalue weighted by Crippen LogP contribution is 2.29. The summed E-state index contributed by atoms with van der Waals surface area (Å²) in [5.74, 6) is -0.258. The maximum Gasteiger partial charge on any atom is 0.416 e. The van der Waals surface area contributed by atoms with Crippen molar-refractivity contribution in [2.24, 2.45) is 0 Å². The first-order valence-electron chi connectivity index (χ1n) is 8.03. The van der Waals surface area contributed by atoms with Crippen molar-refractivity contribution < 1.29 is 22.8 Å². The van der Waals surface area contributed by atoms with Gasteiger partial charge in [0, 0.05) is 19.1 Å². The number of rotatable bonds is 2. The van der Waals surface area contributed by atoms with Crippen LogP contribution < -0.4 is 0 Å². The van der Waals surface area contributed by atoms with Gasteiger partial charge in [0.05, 0.1) is 12.0 Å². The number of halogens is 3. The van der Waals surface area contributed by atoms with Crippen LogP contribution in [-0.2, 0) is 22.2 Å². The van der Waals surface area contributed by atoms with Crippen LogP contribution in [0.2, 0.25) is 0 Å². The summed E-state index contributed by atoms with van der Waals surface area (Å²) < 4.78 is 37.7. The molecule has 2 amide bonds. The Kier molecular flexibility index (Phi) is 4.27. The zero-order chi connectivity index (χ0) is 17.5. The van der Waals surface area contributed by atoms with E-state index in [2.05, 4.69) is 0 Å². The van der Waals surface area contributed by atoms with Crippen molar-refractivity contribution in [3.8, 4) is 0 Å². The van der Waals surface area contributed by atoms with Crippen LogP contribution in [0, 0.1) is 0 Å². The average molecular weight is 340 g/mol. The molecule has 2 atom stereocenters. The molecule has 2 heterocycles. The van der Waals surface area contributed by atoms with Gasteiger partial charge in [-0.25, -0.2) is 0 Å². The van der Waals surface area contributed by atoms with Crippen LogP contribution >= 0.6 is 0 Å². The lowest BCUT2D eigenvalue weighted by Gasteiger charge is -2.41. The monoisotopic (exact) mass is 340 g/mol. The lowest BCUT2D eigenvalue weighted by Crippen LogP contribution is -2.60. The molecule has 1 aromatic carbocycles. The normalized spacial score (nSPS) is 24.2. The van der Waals surface area contributed by atoms with E-state index in [0.717, 1.165) is 31.5 Å². The Bertz CT molecular complexity index is 642. The predicted octanol–water partition coefficient (Wildman–Crippen LogP) is 2.47. The van der Waals surface area contributed by atoms with Gasteiger partial charge in [0.15, 0.2) is 0 Å². The number of carbonyl (C=O) groups excluding carboxylic acids is 2. The van der Waals surface area contributed by atoms with Crippen LogP contribution in [-0.4, -0.2) is 46.8 Å². The number of amides is 2. The highest BCUT2D eigenvalue weighted by Gasteiger charge is 2.41. The highest BCUT2D eigenvalue weighted by atomic mass is 19.4. The number of benzene rings is 1. The first-order chi connectivity index (χ1) is 11.3. The van der Waals surface area contributed by atoms with Crippen LogP contribution in [0.15, 0.2) is 24.3 Å². The second kappa shape index (κ2) is 6.11. The van der Waals surface area contributed by atoms with Gasteiger partial charge in [-0.2, -0.15) is 13.2 Å². The molecule has 7 heteroatoms. The third kappa shape index (κ3) is 3.12. The Hall–Kier alpha value is -2.05. The van der Waals surface area contributed by atoms with Gasteiger partial charge < -0.3 is 9.80 Å². The number of piperazine rings is 1. The van der Waals surface area contributed by atoms with Crippen LogP contribution in [0.25, 0.3) is 0 Å². The molecule has 24 heavy (non-hydrogen) atoms. The van der Waals surface area contributed by atoms with E-state index in [9.17, 15) is 22.8 Å². The molecule has 2 fully saturated rings. The molecule has 0 aliphatic carbocycles. The van der Waals surface area contributed by atoms with E-state index in [1.165, 1.54) is 12.1 Å². The molecule has 0 N–H and O–H groups in total. The van der Waals surface area contributed by atoms with Crippen molar-refractivity contribution in [2.45, 2.75) is 44.4 Å². The fourth-order valence-corrected chi connectivity index (χ4v) is 3.48. The second-order valence-corrected chi connectivity index (χ2v) is 6.42. The fourth-order valence-electron chi connectivity index (χ4n) is 3.48. The predicted molar refractivity (Wildman–Crippen MR) is 81.1 cm³/mol. The van der Waals surface area contributed by atoms with E-state index < -0.39 is 17.8 Å². The third-order valence-corrected chi connectivity index (χ3v) is 4.85. The molecule has 4 nitrogen and oxygen atoms in total. The summed E-state index contributed by atoms with van der Waals surface area (Å²) in [6.45, 7) is 2.96. The Labute approximate surface area is 138 Å². The van der Waals surface area contributed by atoms with Gasteiger partial charge in [0.1, 0.15) is 6.04 Å². The summed E-state index contributed by atoms with van der Waals surface area (Å²) in [4.78, 5) is 28.3. The third-order valence-electron chi connectivity index (χ3n) is 4.85. The number of alkyl halides is 3. The van der Waals surface area contributed by atoms with E-state index in [-0.39, 0.29) is 24.3 Å². The standard InChI is InChI=1S/C17H19F3N2O2/c1-11-16(24)21-8-2-3-14(21)10-22(11)15(23)9-12-4-6-13(7-5-12)17(18,19)20/h4-7,11,14H,2-3,8-10H2,1H3/t11-,14-/m0/s1. The van der Waals surface area contributed by atoms with Crippen LogP contribution in [0.1, 0.15) is 30.9 Å². The molecule has 1 aromatic rings. The molecule has 2 saturated heterocycles. The molecule has 3 rings (SSSR count). The van der Waals surface area contributed by atoms with Gasteiger partial charge in [-0.05, 0) is 37.5 Å². The Morgan fingerprint density at radius 1 is 1.25 bits per heavy atom. The number of hydrogen-bond acceptors (Lipinski definition) is 2. The number of carbonyl (C=O) groups is 2.